The van der Waals surface area contributed by atoms with Crippen LogP contribution in [0.3, 0.4) is 0 Å². The minimum atomic E-state index is -3.30. The molecule has 188 valence electrons. The van der Waals surface area contributed by atoms with Crippen molar-refractivity contribution >= 4 is 63.4 Å². The molecule has 0 saturated heterocycles. The predicted octanol–water partition coefficient (Wildman–Crippen LogP) is -0.130. The predicted molar refractivity (Wildman–Crippen MR) is 119 cm³/mol. The van der Waals surface area contributed by atoms with Gasteiger partial charge in [0, 0.05) is 5.92 Å². The number of carboxylic acids is 3. The van der Waals surface area contributed by atoms with Crippen molar-refractivity contribution in [2.24, 2.45) is 22.2 Å². The first kappa shape index (κ1) is 30.5. The first-order valence-corrected chi connectivity index (χ1v) is 12.4. The third-order valence-corrected chi connectivity index (χ3v) is 8.79. The average Bonchev–Trinajstić information content (AvgIpc) is 2.61. The van der Waals surface area contributed by atoms with E-state index in [4.69, 9.17) is 0 Å². The molecule has 0 heterocycles. The second kappa shape index (κ2) is 10.6. The van der Waals surface area contributed by atoms with E-state index in [9.17, 15) is 55.0 Å². The molecule has 0 saturated carbocycles. The van der Waals surface area contributed by atoms with Gasteiger partial charge in [-0.05, 0) is 54.4 Å². The maximum Gasteiger partial charge on any atom is 0.314 e. The van der Waals surface area contributed by atoms with E-state index in [2.05, 4.69) is 0 Å². The van der Waals surface area contributed by atoms with Crippen LogP contribution in [0.5, 0.6) is 0 Å². The molecule has 12 nitrogen and oxygen atoms in total. The van der Waals surface area contributed by atoms with E-state index in [1.54, 1.807) is 0 Å². The van der Waals surface area contributed by atoms with Gasteiger partial charge in [-0.15, -0.1) is 0 Å². The molecule has 15 heteroatoms. The summed E-state index contributed by atoms with van der Waals surface area (Å²) in [6, 6.07) is 0. The Morgan fingerprint density at radius 1 is 0.576 bits per heavy atom. The van der Waals surface area contributed by atoms with Gasteiger partial charge in [-0.2, -0.15) is 25.3 Å². The third-order valence-electron chi connectivity index (χ3n) is 5.43. The summed E-state index contributed by atoms with van der Waals surface area (Å²) in [5.74, 6) is -6.53. The number of hydrogen-bond donors (Lipinski definition) is 3. The van der Waals surface area contributed by atoms with Crippen molar-refractivity contribution in [3.05, 3.63) is 0 Å². The van der Waals surface area contributed by atoms with Crippen molar-refractivity contribution in [1.82, 2.24) is 0 Å². The molecule has 0 atom stereocenters. The minimum absolute atomic E-state index is 0.728. The smallest absolute Gasteiger partial charge is 0.314 e. The molecule has 0 spiro atoms. The van der Waals surface area contributed by atoms with Crippen molar-refractivity contribution in [2.75, 3.05) is 0 Å². The number of rotatable bonds is 11. The van der Waals surface area contributed by atoms with Gasteiger partial charge in [0.25, 0.3) is 0 Å². The maximum atomic E-state index is 12.1. The van der Waals surface area contributed by atoms with Gasteiger partial charge in [0.15, 0.2) is 0 Å². The van der Waals surface area contributed by atoms with Crippen LogP contribution in [0.2, 0.25) is 0 Å². The molecule has 0 rings (SSSR count). The summed E-state index contributed by atoms with van der Waals surface area (Å²) in [7, 11) is -9.68. The van der Waals surface area contributed by atoms with Crippen molar-refractivity contribution in [3.8, 4) is 0 Å². The Kier molecular flexibility index (Phi) is 9.80. The van der Waals surface area contributed by atoms with Gasteiger partial charge < -0.3 is 15.3 Å². The van der Waals surface area contributed by atoms with Crippen LogP contribution in [0.25, 0.3) is 0 Å². The Labute approximate surface area is 194 Å². The monoisotopic (exact) mass is 530 g/mol. The van der Waals surface area contributed by atoms with Gasteiger partial charge in [-0.3, -0.25) is 14.4 Å². The molecule has 3 N–H and O–H groups in total. The van der Waals surface area contributed by atoms with Crippen LogP contribution in [-0.2, 0) is 45.3 Å². The molecule has 0 aromatic carbocycles. The molecule has 0 amide bonds. The molecule has 33 heavy (non-hydrogen) atoms. The summed E-state index contributed by atoms with van der Waals surface area (Å²) in [6.45, 7) is 6.05. The zero-order valence-electron chi connectivity index (χ0n) is 18.7. The van der Waals surface area contributed by atoms with Crippen molar-refractivity contribution in [3.63, 3.8) is 0 Å². The van der Waals surface area contributed by atoms with Crippen LogP contribution in [0.1, 0.15) is 54.4 Å². The maximum absolute atomic E-state index is 12.1. The van der Waals surface area contributed by atoms with Gasteiger partial charge in [-0.25, -0.2) is 0 Å². The summed E-state index contributed by atoms with van der Waals surface area (Å²) in [5.41, 5.74) is -6.29. The fraction of sp³-hybridized carbons (Fsp3) is 0.667. The Hall–Kier alpha value is -2.52. The Morgan fingerprint density at radius 3 is 1.03 bits per heavy atom. The van der Waals surface area contributed by atoms with Crippen LogP contribution in [0.4, 0.5) is 0 Å². The third kappa shape index (κ3) is 6.74. The van der Waals surface area contributed by atoms with Crippen molar-refractivity contribution in [2.45, 2.75) is 54.4 Å². The topological polar surface area (TPSA) is 214 Å². The van der Waals surface area contributed by atoms with Crippen LogP contribution in [0, 0.1) is 22.2 Å². The summed E-state index contributed by atoms with van der Waals surface area (Å²) in [6.07, 6.45) is -1.77. The van der Waals surface area contributed by atoms with Gasteiger partial charge in [0.2, 0.25) is 30.9 Å². The summed E-state index contributed by atoms with van der Waals surface area (Å²) in [4.78, 5) is 32.8. The molecule has 0 aliphatic carbocycles. The minimum Gasteiger partial charge on any atom is -0.481 e. The quantitative estimate of drug-likeness (QED) is 0.298. The van der Waals surface area contributed by atoms with Crippen LogP contribution in [-0.4, -0.2) is 73.1 Å². The summed E-state index contributed by atoms with van der Waals surface area (Å²) in [5, 5.41) is 28.4. The standard InChI is InChI=1S/C18H26O12S3/c1-16(2,13(19)20)10(31(25)26)7-9(12(33(29)30)18(5,6)15(23)24)8-11(32(27)28)17(3,4)14(21)22/h9H,7-8H2,1-6H3,(H,19,20)(H,21,22)(H,23,24). The highest BCUT2D eigenvalue weighted by atomic mass is 32.2. The van der Waals surface area contributed by atoms with E-state index in [-0.39, 0.29) is 0 Å². The number of carboxylic acid groups (broad SMARTS) is 3. The lowest BCUT2D eigenvalue weighted by molar-refractivity contribution is -0.144. The fourth-order valence-corrected chi connectivity index (χ4v) is 5.59. The zero-order valence-corrected chi connectivity index (χ0v) is 21.2. The second-order valence-electron chi connectivity index (χ2n) is 8.81. The Bertz CT molecular complexity index is 1180. The molecule has 0 unspecified atom stereocenters. The molecule has 0 aromatic heterocycles. The molecule has 0 aliphatic rings. The normalized spacial score (nSPS) is 12.1. The first-order chi connectivity index (χ1) is 14.6. The highest BCUT2D eigenvalue weighted by Gasteiger charge is 2.45. The number of hydrogen-bond acceptors (Lipinski definition) is 9. The molecule has 0 aromatic rings. The van der Waals surface area contributed by atoms with Gasteiger partial charge in [-0.1, -0.05) is 0 Å². The van der Waals surface area contributed by atoms with Crippen LogP contribution >= 0.6 is 0 Å². The average molecular weight is 531 g/mol. The molecular formula is C18H26O12S3. The lowest BCUT2D eigenvalue weighted by Gasteiger charge is -2.31. The van der Waals surface area contributed by atoms with Crippen molar-refractivity contribution in [1.29, 1.82) is 0 Å². The SMILES string of the molecule is CC(C)(C(=O)O)C(CC(CC(=S(=O)=O)C(C)(C)C(=O)O)C(=S(=O)=O)C(C)(C)C(=O)O)=S(=O)=O. The molecule has 0 aliphatic heterocycles. The number of aliphatic carboxylic acids is 3. The zero-order chi connectivity index (χ0) is 26.7. The van der Waals surface area contributed by atoms with E-state index in [1.165, 1.54) is 0 Å². The Balaban J connectivity index is 7.40. The van der Waals surface area contributed by atoms with Gasteiger partial charge in [0.1, 0.15) is 0 Å². The van der Waals surface area contributed by atoms with Gasteiger partial charge in [0.05, 0.1) is 30.8 Å². The molecular weight excluding hydrogens is 504 g/mol. The second-order valence-corrected chi connectivity index (χ2v) is 11.6. The molecule has 0 fully saturated rings. The first-order valence-electron chi connectivity index (χ1n) is 9.21. The largest absolute Gasteiger partial charge is 0.481 e. The van der Waals surface area contributed by atoms with E-state index in [1.807, 2.05) is 0 Å². The van der Waals surface area contributed by atoms with Crippen LogP contribution < -0.4 is 0 Å². The van der Waals surface area contributed by atoms with Gasteiger partial charge >= 0.3 is 17.9 Å². The Morgan fingerprint density at radius 2 is 0.848 bits per heavy atom. The molecule has 0 radical (unpaired) electrons. The van der Waals surface area contributed by atoms with E-state index in [0.29, 0.717) is 0 Å². The van der Waals surface area contributed by atoms with E-state index in [0.717, 1.165) is 41.5 Å². The number of carbonyl (C=O) groups is 3. The van der Waals surface area contributed by atoms with Crippen LogP contribution in [0.15, 0.2) is 0 Å². The van der Waals surface area contributed by atoms with Crippen molar-refractivity contribution < 1.29 is 55.0 Å². The summed E-state index contributed by atoms with van der Waals surface area (Å²) < 4.78 is 71.7. The highest BCUT2D eigenvalue weighted by molar-refractivity contribution is 7.74. The van der Waals surface area contributed by atoms with E-state index < -0.39 is 98.4 Å². The fourth-order valence-electron chi connectivity index (χ4n) is 2.97. The summed E-state index contributed by atoms with van der Waals surface area (Å²) >= 11 is 0. The molecule has 0 bridgehead atoms. The lowest BCUT2D eigenvalue weighted by Crippen LogP contribution is -2.44. The van der Waals surface area contributed by atoms with E-state index >= 15 is 0 Å². The lowest BCUT2D eigenvalue weighted by atomic mass is 9.73. The highest BCUT2D eigenvalue weighted by Crippen LogP contribution is 2.33.